The number of allylic oxidation sites excluding steroid dienone is 2. The van der Waals surface area contributed by atoms with Crippen molar-refractivity contribution >= 4 is 40.5 Å². The quantitative estimate of drug-likeness (QED) is 0.188. The summed E-state index contributed by atoms with van der Waals surface area (Å²) in [5, 5.41) is -1.30. The number of nitrogens with zero attached hydrogens (tertiary/aromatic N) is 1. The van der Waals surface area contributed by atoms with Crippen molar-refractivity contribution in [2.75, 3.05) is 13.1 Å². The predicted molar refractivity (Wildman–Crippen MR) is 115 cm³/mol. The van der Waals surface area contributed by atoms with Crippen LogP contribution < -0.4 is 0 Å². The van der Waals surface area contributed by atoms with Crippen LogP contribution in [-0.2, 0) is 21.7 Å². The molecule has 4 rings (SSSR count). The summed E-state index contributed by atoms with van der Waals surface area (Å²) in [7, 11) is 0. The van der Waals surface area contributed by atoms with Gasteiger partial charge in [-0.2, -0.15) is 26.3 Å². The number of likely N-dealkylation sites (tertiary alicyclic amines) is 1. The average molecular weight is 556 g/mol. The number of carbonyl (C=O) groups is 2. The zero-order valence-corrected chi connectivity index (χ0v) is 19.4. The van der Waals surface area contributed by atoms with Crippen LogP contribution in [0.1, 0.15) is 33.5 Å². The van der Waals surface area contributed by atoms with Gasteiger partial charge < -0.3 is 9.64 Å². The molecular weight excluding hydrogens is 542 g/mol. The first-order valence-corrected chi connectivity index (χ1v) is 11.0. The molecule has 192 valence electrons. The van der Waals surface area contributed by atoms with E-state index in [0.717, 1.165) is 4.90 Å². The molecule has 0 radical (unpaired) electrons. The number of amides is 1. The molecule has 13 heteroatoms. The van der Waals surface area contributed by atoms with Crippen molar-refractivity contribution in [3.8, 4) is 0 Å². The SMILES string of the molecule is O=C(C=C(c1cc(Cl)c(F)c(Cl)c1)C(F)(F)F)c1ccc2c(c1)COC21CN(C(=O)CC(F)(F)F)C1. The molecule has 4 nitrogen and oxygen atoms in total. The lowest BCUT2D eigenvalue weighted by Gasteiger charge is -2.47. The molecule has 0 saturated carbocycles. The van der Waals surface area contributed by atoms with Crippen LogP contribution in [0, 0.1) is 5.82 Å². The fourth-order valence-corrected chi connectivity index (χ4v) is 4.64. The van der Waals surface area contributed by atoms with Crippen LogP contribution in [0.3, 0.4) is 0 Å². The van der Waals surface area contributed by atoms with E-state index in [9.17, 15) is 40.3 Å². The first kappa shape index (κ1) is 26.4. The molecule has 0 aliphatic carbocycles. The van der Waals surface area contributed by atoms with Gasteiger partial charge >= 0.3 is 12.4 Å². The topological polar surface area (TPSA) is 46.6 Å². The number of hydrogen-bond acceptors (Lipinski definition) is 3. The van der Waals surface area contributed by atoms with Gasteiger partial charge in [0.2, 0.25) is 5.91 Å². The molecule has 2 aliphatic heterocycles. The molecule has 0 unspecified atom stereocenters. The number of carbonyl (C=O) groups excluding carboxylic acids is 2. The summed E-state index contributed by atoms with van der Waals surface area (Å²) in [6.07, 6.45) is -10.9. The van der Waals surface area contributed by atoms with Gasteiger partial charge in [0.1, 0.15) is 12.0 Å². The maximum atomic E-state index is 13.7. The first-order chi connectivity index (χ1) is 16.6. The summed E-state index contributed by atoms with van der Waals surface area (Å²) in [5.41, 5.74) is -2.14. The van der Waals surface area contributed by atoms with E-state index in [0.29, 0.717) is 29.3 Å². The molecule has 36 heavy (non-hydrogen) atoms. The Labute approximate surface area is 209 Å². The Morgan fingerprint density at radius 2 is 1.61 bits per heavy atom. The van der Waals surface area contributed by atoms with E-state index in [2.05, 4.69) is 0 Å². The highest BCUT2D eigenvalue weighted by molar-refractivity contribution is 6.35. The summed E-state index contributed by atoms with van der Waals surface area (Å²) >= 11 is 11.2. The maximum absolute atomic E-state index is 13.7. The average Bonchev–Trinajstić information content (AvgIpc) is 3.11. The summed E-state index contributed by atoms with van der Waals surface area (Å²) in [6, 6.07) is 5.43. The molecule has 2 aliphatic rings. The fourth-order valence-electron chi connectivity index (χ4n) is 4.15. The highest BCUT2D eigenvalue weighted by Crippen LogP contribution is 2.44. The van der Waals surface area contributed by atoms with Crippen LogP contribution >= 0.6 is 23.2 Å². The number of hydrogen-bond donors (Lipinski definition) is 0. The number of halogens is 9. The molecule has 1 amide bonds. The Morgan fingerprint density at radius 1 is 1.00 bits per heavy atom. The van der Waals surface area contributed by atoms with Gasteiger partial charge in [-0.15, -0.1) is 0 Å². The van der Waals surface area contributed by atoms with Crippen molar-refractivity contribution in [1.29, 1.82) is 0 Å². The number of fused-ring (bicyclic) bond motifs is 2. The lowest BCUT2D eigenvalue weighted by Crippen LogP contribution is -2.61. The van der Waals surface area contributed by atoms with E-state index in [-0.39, 0.29) is 25.3 Å². The zero-order chi connectivity index (χ0) is 26.6. The summed E-state index contributed by atoms with van der Waals surface area (Å²) in [6.45, 7) is -0.282. The Bertz CT molecular complexity index is 1260. The smallest absolute Gasteiger partial charge is 0.362 e. The van der Waals surface area contributed by atoms with Crippen molar-refractivity contribution < 1.29 is 45.1 Å². The van der Waals surface area contributed by atoms with Crippen molar-refractivity contribution in [2.45, 2.75) is 31.0 Å². The van der Waals surface area contributed by atoms with E-state index in [1.54, 1.807) is 0 Å². The van der Waals surface area contributed by atoms with Crippen LogP contribution in [0.5, 0.6) is 0 Å². The second-order valence-electron chi connectivity index (χ2n) is 8.37. The highest BCUT2D eigenvalue weighted by Gasteiger charge is 2.52. The van der Waals surface area contributed by atoms with Crippen LogP contribution in [0.2, 0.25) is 10.0 Å². The normalized spacial score (nSPS) is 17.2. The molecule has 2 heterocycles. The second-order valence-corrected chi connectivity index (χ2v) is 9.18. The van der Waals surface area contributed by atoms with Crippen LogP contribution in [0.4, 0.5) is 30.7 Å². The molecule has 0 aromatic heterocycles. The van der Waals surface area contributed by atoms with E-state index in [1.807, 2.05) is 0 Å². The second kappa shape index (κ2) is 9.04. The summed E-state index contributed by atoms with van der Waals surface area (Å²) in [4.78, 5) is 25.5. The van der Waals surface area contributed by atoms with Crippen molar-refractivity contribution in [3.63, 3.8) is 0 Å². The molecule has 1 spiro atoms. The summed E-state index contributed by atoms with van der Waals surface area (Å²) < 4.78 is 97.8. The zero-order valence-electron chi connectivity index (χ0n) is 17.9. The van der Waals surface area contributed by atoms with Gasteiger partial charge in [-0.3, -0.25) is 9.59 Å². The molecule has 0 atom stereocenters. The Balaban J connectivity index is 1.57. The lowest BCUT2D eigenvalue weighted by molar-refractivity contribution is -0.185. The number of benzene rings is 2. The number of ether oxygens (including phenoxy) is 1. The molecule has 2 aromatic rings. The van der Waals surface area contributed by atoms with E-state index >= 15 is 0 Å². The van der Waals surface area contributed by atoms with Gasteiger partial charge in [0.15, 0.2) is 11.6 Å². The minimum absolute atomic E-state index is 0.0449. The first-order valence-electron chi connectivity index (χ1n) is 10.2. The number of alkyl halides is 6. The van der Waals surface area contributed by atoms with Gasteiger partial charge in [0, 0.05) is 5.56 Å². The van der Waals surface area contributed by atoms with Gasteiger partial charge in [0.05, 0.1) is 35.3 Å². The van der Waals surface area contributed by atoms with Gasteiger partial charge in [-0.05, 0) is 41.0 Å². The third kappa shape index (κ3) is 5.09. The number of ketones is 1. The minimum Gasteiger partial charge on any atom is -0.362 e. The predicted octanol–water partition coefficient (Wildman–Crippen LogP) is 6.48. The number of rotatable bonds is 4. The molecular formula is C23H14Cl2F7NO3. The Morgan fingerprint density at radius 3 is 2.17 bits per heavy atom. The van der Waals surface area contributed by atoms with Crippen molar-refractivity contribution in [1.82, 2.24) is 4.90 Å². The largest absolute Gasteiger partial charge is 0.417 e. The minimum atomic E-state index is -5.00. The van der Waals surface area contributed by atoms with Gasteiger partial charge in [-0.25, -0.2) is 4.39 Å². The Kier molecular flexibility index (Phi) is 6.64. The van der Waals surface area contributed by atoms with E-state index in [1.165, 1.54) is 18.2 Å². The molecule has 1 saturated heterocycles. The third-order valence-electron chi connectivity index (χ3n) is 5.86. The molecule has 2 aromatic carbocycles. The molecule has 0 bridgehead atoms. The molecule has 0 N–H and O–H groups in total. The molecule has 1 fully saturated rings. The maximum Gasteiger partial charge on any atom is 0.417 e. The Hall–Kier alpha value is -2.63. The van der Waals surface area contributed by atoms with Crippen LogP contribution in [0.25, 0.3) is 5.57 Å². The van der Waals surface area contributed by atoms with Crippen LogP contribution in [0.15, 0.2) is 36.4 Å². The summed E-state index contributed by atoms with van der Waals surface area (Å²) in [5.74, 6) is -3.21. The standard InChI is InChI=1S/C23H14Cl2F7NO3/c24-16-4-12(5-17(25)20(16)26)15(23(30,31)32)6-18(34)11-1-2-14-13(3-11)8-36-21(14)9-33(10-21)19(35)7-22(27,28)29/h1-6H,7-10H2. The lowest BCUT2D eigenvalue weighted by atomic mass is 9.84. The van der Waals surface area contributed by atoms with Crippen molar-refractivity contribution in [3.05, 3.63) is 74.5 Å². The van der Waals surface area contributed by atoms with Crippen LogP contribution in [-0.4, -0.2) is 42.0 Å². The fraction of sp³-hybridized carbons (Fsp3) is 0.304. The van der Waals surface area contributed by atoms with Crippen molar-refractivity contribution in [2.24, 2.45) is 0 Å². The third-order valence-corrected chi connectivity index (χ3v) is 6.41. The van der Waals surface area contributed by atoms with E-state index < -0.39 is 63.1 Å². The monoisotopic (exact) mass is 555 g/mol. The van der Waals surface area contributed by atoms with E-state index in [4.69, 9.17) is 27.9 Å². The highest BCUT2D eigenvalue weighted by atomic mass is 35.5. The van der Waals surface area contributed by atoms with Gasteiger partial charge in [-0.1, -0.05) is 35.3 Å². The van der Waals surface area contributed by atoms with Gasteiger partial charge in [0.25, 0.3) is 0 Å².